The zero-order chi connectivity index (χ0) is 11.5. The fourth-order valence-electron chi connectivity index (χ4n) is 1.68. The second kappa shape index (κ2) is 6.67. The van der Waals surface area contributed by atoms with Crippen molar-refractivity contribution in [1.29, 1.82) is 0 Å². The number of hydrogen-bond acceptors (Lipinski definition) is 1. The van der Waals surface area contributed by atoms with Crippen LogP contribution >= 0.6 is 24.0 Å². The molecule has 0 spiro atoms. The topological polar surface area (TPSA) is 36.4 Å². The molecule has 1 aliphatic rings. The molecule has 1 atom stereocenters. The Hall–Kier alpha value is 0. The van der Waals surface area contributed by atoms with E-state index in [2.05, 4.69) is 50.2 Å². The van der Waals surface area contributed by atoms with Gasteiger partial charge in [0.1, 0.15) is 0 Å². The monoisotopic (exact) mass is 339 g/mol. The molecular weight excluding hydrogens is 313 g/mol. The van der Waals surface area contributed by atoms with Gasteiger partial charge in [-0.25, -0.2) is 0 Å². The Labute approximate surface area is 117 Å². The minimum atomic E-state index is 0. The first-order chi connectivity index (χ1) is 6.95. The smallest absolute Gasteiger partial charge is 0.191 e. The minimum absolute atomic E-state index is 0. The van der Waals surface area contributed by atoms with Gasteiger partial charge in [-0.15, -0.1) is 24.0 Å². The van der Waals surface area contributed by atoms with Crippen LogP contribution in [0.3, 0.4) is 0 Å². The van der Waals surface area contributed by atoms with Crippen LogP contribution in [0, 0.1) is 11.3 Å². The molecule has 1 unspecified atom stereocenters. The molecule has 0 heterocycles. The van der Waals surface area contributed by atoms with Gasteiger partial charge < -0.3 is 10.6 Å². The molecule has 0 aromatic heterocycles. The van der Waals surface area contributed by atoms with Crippen molar-refractivity contribution in [2.24, 2.45) is 16.3 Å². The Kier molecular flexibility index (Phi) is 6.67. The van der Waals surface area contributed by atoms with Gasteiger partial charge in [-0.3, -0.25) is 4.99 Å². The average molecular weight is 339 g/mol. The molecule has 3 nitrogen and oxygen atoms in total. The quantitative estimate of drug-likeness (QED) is 0.469. The Morgan fingerprint density at radius 1 is 1.44 bits per heavy atom. The maximum absolute atomic E-state index is 4.61. The molecule has 0 bridgehead atoms. The van der Waals surface area contributed by atoms with Crippen molar-refractivity contribution in [3.05, 3.63) is 0 Å². The minimum Gasteiger partial charge on any atom is -0.357 e. The van der Waals surface area contributed by atoms with Crippen LogP contribution in [-0.2, 0) is 0 Å². The predicted octanol–water partition coefficient (Wildman–Crippen LogP) is 2.61. The molecule has 0 saturated heterocycles. The van der Waals surface area contributed by atoms with Gasteiger partial charge in [-0.2, -0.15) is 0 Å². The lowest BCUT2D eigenvalue weighted by atomic mass is 10.1. The zero-order valence-electron chi connectivity index (χ0n) is 11.1. The fraction of sp³-hybridized carbons (Fsp3) is 0.917. The van der Waals surface area contributed by atoms with E-state index >= 15 is 0 Å². The molecule has 0 radical (unpaired) electrons. The number of guanidine groups is 1. The first kappa shape index (κ1) is 16.0. The highest BCUT2D eigenvalue weighted by molar-refractivity contribution is 14.0. The van der Waals surface area contributed by atoms with Crippen molar-refractivity contribution >= 4 is 29.9 Å². The molecule has 0 aromatic carbocycles. The summed E-state index contributed by atoms with van der Waals surface area (Å²) in [6, 6.07) is 0.440. The second-order valence-corrected chi connectivity index (χ2v) is 5.41. The molecule has 0 amide bonds. The summed E-state index contributed by atoms with van der Waals surface area (Å²) in [7, 11) is 0. The molecule has 1 saturated carbocycles. The van der Waals surface area contributed by atoms with Gasteiger partial charge in [0.2, 0.25) is 0 Å². The van der Waals surface area contributed by atoms with E-state index < -0.39 is 0 Å². The Morgan fingerprint density at radius 2 is 2.00 bits per heavy atom. The molecule has 16 heavy (non-hydrogen) atoms. The number of hydrogen-bond donors (Lipinski definition) is 2. The first-order valence-corrected chi connectivity index (χ1v) is 6.00. The normalized spacial score (nSPS) is 22.6. The zero-order valence-corrected chi connectivity index (χ0v) is 13.5. The summed E-state index contributed by atoms with van der Waals surface area (Å²) in [4.78, 5) is 4.61. The summed E-state index contributed by atoms with van der Waals surface area (Å²) >= 11 is 0. The summed E-state index contributed by atoms with van der Waals surface area (Å²) in [6.07, 6.45) is 1.32. The molecule has 1 rings (SSSR count). The van der Waals surface area contributed by atoms with E-state index in [1.54, 1.807) is 0 Å². The molecule has 4 heteroatoms. The van der Waals surface area contributed by atoms with Gasteiger partial charge >= 0.3 is 0 Å². The van der Waals surface area contributed by atoms with Crippen molar-refractivity contribution in [2.75, 3.05) is 13.1 Å². The SMILES string of the molecule is CCNC(=NCC1CC1(C)C)NC(C)C.I. The maximum atomic E-state index is 4.61. The summed E-state index contributed by atoms with van der Waals surface area (Å²) < 4.78 is 0. The lowest BCUT2D eigenvalue weighted by Gasteiger charge is -2.14. The van der Waals surface area contributed by atoms with E-state index in [-0.39, 0.29) is 24.0 Å². The van der Waals surface area contributed by atoms with Crippen LogP contribution in [0.4, 0.5) is 0 Å². The van der Waals surface area contributed by atoms with E-state index in [0.717, 1.165) is 25.0 Å². The number of nitrogens with zero attached hydrogens (tertiary/aromatic N) is 1. The van der Waals surface area contributed by atoms with Crippen LogP contribution in [0.5, 0.6) is 0 Å². The molecule has 1 fully saturated rings. The van der Waals surface area contributed by atoms with Gasteiger partial charge in [-0.05, 0) is 38.5 Å². The van der Waals surface area contributed by atoms with Crippen molar-refractivity contribution in [3.63, 3.8) is 0 Å². The molecule has 96 valence electrons. The van der Waals surface area contributed by atoms with Gasteiger partial charge in [0, 0.05) is 19.1 Å². The van der Waals surface area contributed by atoms with Crippen LogP contribution in [-0.4, -0.2) is 25.1 Å². The van der Waals surface area contributed by atoms with Crippen LogP contribution in [0.2, 0.25) is 0 Å². The van der Waals surface area contributed by atoms with Crippen molar-refractivity contribution in [1.82, 2.24) is 10.6 Å². The molecule has 0 aliphatic heterocycles. The van der Waals surface area contributed by atoms with E-state index in [1.165, 1.54) is 6.42 Å². The summed E-state index contributed by atoms with van der Waals surface area (Å²) in [5, 5.41) is 6.59. The lowest BCUT2D eigenvalue weighted by Crippen LogP contribution is -2.41. The fourth-order valence-corrected chi connectivity index (χ4v) is 1.68. The number of halogens is 1. The summed E-state index contributed by atoms with van der Waals surface area (Å²) in [6.45, 7) is 12.9. The highest BCUT2D eigenvalue weighted by Gasteiger charge is 2.45. The number of aliphatic imine (C=N–C) groups is 1. The third-order valence-electron chi connectivity index (χ3n) is 2.96. The van der Waals surface area contributed by atoms with Crippen molar-refractivity contribution in [3.8, 4) is 0 Å². The Morgan fingerprint density at radius 3 is 2.38 bits per heavy atom. The molecular formula is C12H26IN3. The lowest BCUT2D eigenvalue weighted by molar-refractivity contribution is 0.563. The van der Waals surface area contributed by atoms with E-state index in [9.17, 15) is 0 Å². The number of nitrogens with one attached hydrogen (secondary N) is 2. The maximum Gasteiger partial charge on any atom is 0.191 e. The first-order valence-electron chi connectivity index (χ1n) is 6.00. The van der Waals surface area contributed by atoms with Gasteiger partial charge in [0.05, 0.1) is 0 Å². The summed E-state index contributed by atoms with van der Waals surface area (Å²) in [5.74, 6) is 1.73. The third-order valence-corrected chi connectivity index (χ3v) is 2.96. The van der Waals surface area contributed by atoms with Gasteiger partial charge in [0.25, 0.3) is 0 Å². The highest BCUT2D eigenvalue weighted by Crippen LogP contribution is 2.51. The van der Waals surface area contributed by atoms with Crippen molar-refractivity contribution in [2.45, 2.75) is 47.1 Å². The van der Waals surface area contributed by atoms with Crippen LogP contribution in [0.15, 0.2) is 4.99 Å². The highest BCUT2D eigenvalue weighted by atomic mass is 127. The van der Waals surface area contributed by atoms with E-state index in [0.29, 0.717) is 11.5 Å². The van der Waals surface area contributed by atoms with Gasteiger partial charge in [-0.1, -0.05) is 13.8 Å². The Balaban J connectivity index is 0.00000225. The van der Waals surface area contributed by atoms with E-state index in [4.69, 9.17) is 0 Å². The van der Waals surface area contributed by atoms with E-state index in [1.807, 2.05) is 0 Å². The van der Waals surface area contributed by atoms with Crippen molar-refractivity contribution < 1.29 is 0 Å². The number of rotatable bonds is 4. The summed E-state index contributed by atoms with van der Waals surface area (Å²) in [5.41, 5.74) is 0.526. The Bertz CT molecular complexity index is 236. The second-order valence-electron chi connectivity index (χ2n) is 5.41. The average Bonchev–Trinajstić information content (AvgIpc) is 2.70. The van der Waals surface area contributed by atoms with Crippen LogP contribution < -0.4 is 10.6 Å². The van der Waals surface area contributed by atoms with Crippen LogP contribution in [0.1, 0.15) is 41.0 Å². The molecule has 1 aliphatic carbocycles. The predicted molar refractivity (Wildman–Crippen MR) is 81.6 cm³/mol. The molecule has 2 N–H and O–H groups in total. The third kappa shape index (κ3) is 5.37. The van der Waals surface area contributed by atoms with Crippen LogP contribution in [0.25, 0.3) is 0 Å². The largest absolute Gasteiger partial charge is 0.357 e. The standard InChI is InChI=1S/C12H25N3.HI/c1-6-13-11(15-9(2)3)14-8-10-7-12(10,4)5;/h9-10H,6-8H2,1-5H3,(H2,13,14,15);1H. The van der Waals surface area contributed by atoms with Gasteiger partial charge in [0.15, 0.2) is 5.96 Å². The molecule has 0 aromatic rings.